The van der Waals surface area contributed by atoms with Gasteiger partial charge in [0.15, 0.2) is 0 Å². The predicted molar refractivity (Wildman–Crippen MR) is 162 cm³/mol. The Hall–Kier alpha value is -3.59. The van der Waals surface area contributed by atoms with Crippen LogP contribution in [0.1, 0.15) is 46.5 Å². The molecule has 0 aromatic heterocycles. The van der Waals surface area contributed by atoms with Crippen LogP contribution in [0, 0.1) is 5.92 Å². The van der Waals surface area contributed by atoms with Crippen molar-refractivity contribution < 1.29 is 38.3 Å². The van der Waals surface area contributed by atoms with Gasteiger partial charge in [-0.05, 0) is 44.7 Å². The zero-order chi connectivity index (χ0) is 32.7. The third kappa shape index (κ3) is 14.4. The Bertz CT molecular complexity index is 1040. The number of esters is 1. The van der Waals surface area contributed by atoms with E-state index in [-0.39, 0.29) is 18.9 Å². The number of carbonyl (C=O) groups excluding carboxylic acids is 7. The number of hydrogen-bond acceptors (Lipinski definition) is 9. The molecule has 0 aromatic rings. The summed E-state index contributed by atoms with van der Waals surface area (Å²) in [6.07, 6.45) is 3.73. The topological polar surface area (TPSA) is 206 Å². The Labute approximate surface area is 254 Å². The SMILES string of the molecule is CC(NC(=O)C(NC(=O)CN1C(=O)C=CC1=O)C(C)C)C(=O)NCCC(=O)NC(CCCCN)C(=O)OCC[Si](C)(C)C. The van der Waals surface area contributed by atoms with Crippen LogP contribution in [0.4, 0.5) is 0 Å². The summed E-state index contributed by atoms with van der Waals surface area (Å²) in [6.45, 7) is 11.5. The van der Waals surface area contributed by atoms with Gasteiger partial charge in [-0.3, -0.25) is 33.7 Å². The second-order valence-electron chi connectivity index (χ2n) is 12.0. The third-order valence-electron chi connectivity index (χ3n) is 6.53. The quantitative estimate of drug-likeness (QED) is 0.0546. The Morgan fingerprint density at radius 1 is 0.907 bits per heavy atom. The van der Waals surface area contributed by atoms with Crippen molar-refractivity contribution in [2.45, 2.75) is 90.3 Å². The number of imide groups is 1. The first-order chi connectivity index (χ1) is 20.0. The first-order valence-electron chi connectivity index (χ1n) is 14.6. The number of ether oxygens (including phenoxy) is 1. The molecule has 3 atom stereocenters. The molecule has 3 unspecified atom stereocenters. The largest absolute Gasteiger partial charge is 0.464 e. The number of rotatable bonds is 19. The van der Waals surface area contributed by atoms with Crippen molar-refractivity contribution in [2.24, 2.45) is 11.7 Å². The lowest BCUT2D eigenvalue weighted by Crippen LogP contribution is -2.56. The van der Waals surface area contributed by atoms with Crippen LogP contribution in [0.15, 0.2) is 12.2 Å². The number of hydrogen-bond donors (Lipinski definition) is 5. The normalized spacial score (nSPS) is 15.1. The Kier molecular flexibility index (Phi) is 15.8. The minimum absolute atomic E-state index is 0.0403. The van der Waals surface area contributed by atoms with Crippen LogP contribution in [0.2, 0.25) is 25.7 Å². The molecular formula is C28H48N6O8Si. The van der Waals surface area contributed by atoms with Crippen LogP contribution in [0.3, 0.4) is 0 Å². The maximum atomic E-state index is 12.8. The molecule has 0 radical (unpaired) electrons. The molecule has 0 bridgehead atoms. The fraction of sp³-hybridized carbons (Fsp3) is 0.679. The average Bonchev–Trinajstić information content (AvgIpc) is 3.22. The van der Waals surface area contributed by atoms with E-state index >= 15 is 0 Å². The summed E-state index contributed by atoms with van der Waals surface area (Å²) in [5, 5.41) is 10.3. The van der Waals surface area contributed by atoms with Crippen molar-refractivity contribution >= 4 is 49.5 Å². The molecule has 14 nitrogen and oxygen atoms in total. The van der Waals surface area contributed by atoms with Crippen LogP contribution >= 0.6 is 0 Å². The zero-order valence-electron chi connectivity index (χ0n) is 26.1. The highest BCUT2D eigenvalue weighted by Gasteiger charge is 2.30. The van der Waals surface area contributed by atoms with Gasteiger partial charge in [-0.15, -0.1) is 0 Å². The van der Waals surface area contributed by atoms with E-state index in [1.54, 1.807) is 13.8 Å². The van der Waals surface area contributed by atoms with Crippen LogP contribution in [0.5, 0.6) is 0 Å². The van der Waals surface area contributed by atoms with Crippen molar-refractivity contribution in [3.63, 3.8) is 0 Å². The molecule has 43 heavy (non-hydrogen) atoms. The standard InChI is InChI=1S/C28H48N6O8Si/c1-18(2)25(33-22(36)17-34-23(37)10-11-24(34)38)27(40)31-19(3)26(39)30-14-12-21(35)32-20(9-7-8-13-29)28(41)42-15-16-43(4,5)6/h10-11,18-20,25H,7-9,12-17,29H2,1-6H3,(H,30,39)(H,31,40)(H,32,35)(H,33,36). The maximum absolute atomic E-state index is 12.8. The van der Waals surface area contributed by atoms with E-state index in [2.05, 4.69) is 40.9 Å². The van der Waals surface area contributed by atoms with Gasteiger partial charge < -0.3 is 31.7 Å². The highest BCUT2D eigenvalue weighted by Crippen LogP contribution is 2.10. The van der Waals surface area contributed by atoms with Gasteiger partial charge in [0, 0.05) is 33.2 Å². The first kappa shape index (κ1) is 37.4. The Morgan fingerprint density at radius 2 is 1.53 bits per heavy atom. The van der Waals surface area contributed by atoms with Crippen molar-refractivity contribution in [3.8, 4) is 0 Å². The summed E-state index contributed by atoms with van der Waals surface area (Å²) in [5.74, 6) is -4.44. The van der Waals surface area contributed by atoms with E-state index in [1.165, 1.54) is 6.92 Å². The minimum atomic E-state index is -1.39. The summed E-state index contributed by atoms with van der Waals surface area (Å²) in [4.78, 5) is 87.1. The van der Waals surface area contributed by atoms with E-state index < -0.39 is 74.2 Å². The second kappa shape index (κ2) is 18.2. The molecule has 1 heterocycles. The molecule has 6 amide bonds. The van der Waals surface area contributed by atoms with E-state index in [0.29, 0.717) is 32.4 Å². The van der Waals surface area contributed by atoms with Crippen molar-refractivity contribution in [2.75, 3.05) is 26.2 Å². The van der Waals surface area contributed by atoms with Crippen molar-refractivity contribution in [1.82, 2.24) is 26.2 Å². The van der Waals surface area contributed by atoms with E-state index in [1.807, 2.05) is 0 Å². The molecule has 0 saturated carbocycles. The molecular weight excluding hydrogens is 576 g/mol. The average molecular weight is 625 g/mol. The lowest BCUT2D eigenvalue weighted by molar-refractivity contribution is -0.147. The smallest absolute Gasteiger partial charge is 0.328 e. The van der Waals surface area contributed by atoms with Gasteiger partial charge in [0.05, 0.1) is 6.61 Å². The van der Waals surface area contributed by atoms with E-state index in [0.717, 1.165) is 23.1 Å². The van der Waals surface area contributed by atoms with Crippen LogP contribution in [-0.4, -0.2) is 98.8 Å². The Morgan fingerprint density at radius 3 is 2.09 bits per heavy atom. The summed E-state index contributed by atoms with van der Waals surface area (Å²) in [5.41, 5.74) is 5.55. The summed E-state index contributed by atoms with van der Waals surface area (Å²) >= 11 is 0. The molecule has 0 fully saturated rings. The molecule has 0 saturated heterocycles. The van der Waals surface area contributed by atoms with Crippen molar-refractivity contribution in [1.29, 1.82) is 0 Å². The zero-order valence-corrected chi connectivity index (χ0v) is 27.1. The highest BCUT2D eigenvalue weighted by molar-refractivity contribution is 6.76. The molecule has 1 rings (SSSR count). The maximum Gasteiger partial charge on any atom is 0.328 e. The fourth-order valence-electron chi connectivity index (χ4n) is 3.87. The molecule has 0 aliphatic carbocycles. The molecule has 0 aromatic carbocycles. The number of unbranched alkanes of at least 4 members (excludes halogenated alkanes) is 1. The summed E-state index contributed by atoms with van der Waals surface area (Å²) in [6, 6.07) is -2.03. The van der Waals surface area contributed by atoms with Gasteiger partial charge in [0.2, 0.25) is 23.6 Å². The molecule has 0 spiro atoms. The highest BCUT2D eigenvalue weighted by atomic mass is 28.3. The third-order valence-corrected chi connectivity index (χ3v) is 8.24. The van der Waals surface area contributed by atoms with Gasteiger partial charge in [-0.2, -0.15) is 0 Å². The molecule has 242 valence electrons. The summed E-state index contributed by atoms with van der Waals surface area (Å²) in [7, 11) is -1.39. The van der Waals surface area contributed by atoms with Crippen LogP contribution in [0.25, 0.3) is 0 Å². The van der Waals surface area contributed by atoms with Gasteiger partial charge >= 0.3 is 5.97 Å². The van der Waals surface area contributed by atoms with Gasteiger partial charge in [-0.1, -0.05) is 33.5 Å². The number of amides is 6. The van der Waals surface area contributed by atoms with Gasteiger partial charge in [0.25, 0.3) is 11.8 Å². The monoisotopic (exact) mass is 624 g/mol. The fourth-order valence-corrected chi connectivity index (χ4v) is 4.59. The van der Waals surface area contributed by atoms with Crippen LogP contribution < -0.4 is 27.0 Å². The number of carbonyl (C=O) groups is 7. The first-order valence-corrected chi connectivity index (χ1v) is 18.3. The minimum Gasteiger partial charge on any atom is -0.464 e. The predicted octanol–water partition coefficient (Wildman–Crippen LogP) is -0.442. The second-order valence-corrected chi connectivity index (χ2v) is 17.7. The van der Waals surface area contributed by atoms with E-state index in [4.69, 9.17) is 10.5 Å². The lowest BCUT2D eigenvalue weighted by atomic mass is 10.0. The van der Waals surface area contributed by atoms with Crippen LogP contribution in [-0.2, 0) is 38.3 Å². The van der Waals surface area contributed by atoms with Gasteiger partial charge in [0.1, 0.15) is 24.7 Å². The lowest BCUT2D eigenvalue weighted by Gasteiger charge is -2.24. The van der Waals surface area contributed by atoms with Crippen molar-refractivity contribution in [3.05, 3.63) is 12.2 Å². The number of nitrogens with zero attached hydrogens (tertiary/aromatic N) is 1. The summed E-state index contributed by atoms with van der Waals surface area (Å²) < 4.78 is 5.40. The molecule has 1 aliphatic heterocycles. The molecule has 6 N–H and O–H groups in total. The number of nitrogens with one attached hydrogen (secondary N) is 4. The Balaban J connectivity index is 2.56. The number of nitrogens with two attached hydrogens (primary N) is 1. The van der Waals surface area contributed by atoms with E-state index in [9.17, 15) is 33.6 Å². The molecule has 1 aliphatic rings. The van der Waals surface area contributed by atoms with Gasteiger partial charge in [-0.25, -0.2) is 4.79 Å². The molecule has 15 heteroatoms.